The number of nitrogens with two attached hydrogens (primary N) is 1. The molecule has 1 heterocycles. The van der Waals surface area contributed by atoms with Gasteiger partial charge < -0.3 is 10.8 Å². The molecule has 0 aromatic carbocycles. The van der Waals surface area contributed by atoms with Crippen molar-refractivity contribution in [3.8, 4) is 0 Å². The number of aromatic nitrogens is 1. The molecule has 0 bridgehead atoms. The van der Waals surface area contributed by atoms with Crippen molar-refractivity contribution < 1.29 is 13.5 Å². The van der Waals surface area contributed by atoms with Gasteiger partial charge in [0.1, 0.15) is 5.82 Å². The highest BCUT2D eigenvalue weighted by atomic mass is 32.2. The molecule has 0 fully saturated rings. The number of sulfonamides is 1. The Bertz CT molecular complexity index is 476. The number of nitrogens with zero attached hydrogens (tertiary/aromatic N) is 2. The van der Waals surface area contributed by atoms with Crippen molar-refractivity contribution in [2.45, 2.75) is 24.7 Å². The fourth-order valence-electron chi connectivity index (χ4n) is 1.54. The van der Waals surface area contributed by atoms with Crippen molar-refractivity contribution in [2.24, 2.45) is 0 Å². The van der Waals surface area contributed by atoms with Crippen molar-refractivity contribution in [3.63, 3.8) is 0 Å². The summed E-state index contributed by atoms with van der Waals surface area (Å²) in [5.74, 6) is 0.163. The first-order chi connectivity index (χ1) is 8.52. The van der Waals surface area contributed by atoms with Gasteiger partial charge in [0.05, 0.1) is 11.5 Å². The highest BCUT2D eigenvalue weighted by molar-refractivity contribution is 7.89. The molecule has 0 aliphatic carbocycles. The van der Waals surface area contributed by atoms with Crippen molar-refractivity contribution in [1.82, 2.24) is 9.29 Å². The lowest BCUT2D eigenvalue weighted by molar-refractivity contribution is 0.252. The van der Waals surface area contributed by atoms with Crippen molar-refractivity contribution >= 4 is 15.8 Å². The lowest BCUT2D eigenvalue weighted by Crippen LogP contribution is -2.34. The van der Waals surface area contributed by atoms with Gasteiger partial charge in [0.15, 0.2) is 0 Å². The van der Waals surface area contributed by atoms with Gasteiger partial charge in [-0.1, -0.05) is 13.3 Å². The third-order valence-electron chi connectivity index (χ3n) is 2.50. The molecule has 6 nitrogen and oxygen atoms in total. The van der Waals surface area contributed by atoms with Gasteiger partial charge in [-0.2, -0.15) is 4.31 Å². The summed E-state index contributed by atoms with van der Waals surface area (Å²) in [5, 5.41) is 8.96. The topological polar surface area (TPSA) is 96.5 Å². The van der Waals surface area contributed by atoms with Crippen LogP contribution >= 0.6 is 0 Å². The van der Waals surface area contributed by atoms with Crippen LogP contribution in [0.3, 0.4) is 0 Å². The molecule has 0 saturated carbocycles. The zero-order chi connectivity index (χ0) is 13.6. The molecule has 0 aliphatic heterocycles. The highest BCUT2D eigenvalue weighted by Crippen LogP contribution is 2.17. The summed E-state index contributed by atoms with van der Waals surface area (Å²) in [6.45, 7) is 2.25. The Kier molecular flexibility index (Phi) is 5.52. The summed E-state index contributed by atoms with van der Waals surface area (Å²) >= 11 is 0. The quantitative estimate of drug-likeness (QED) is 0.751. The molecule has 18 heavy (non-hydrogen) atoms. The second-order valence-electron chi connectivity index (χ2n) is 3.90. The smallest absolute Gasteiger partial charge is 0.243 e. The molecule has 0 spiro atoms. The Morgan fingerprint density at radius 2 is 2.17 bits per heavy atom. The van der Waals surface area contributed by atoms with Crippen LogP contribution in [-0.4, -0.2) is 42.5 Å². The third-order valence-corrected chi connectivity index (χ3v) is 4.40. The first-order valence-corrected chi connectivity index (χ1v) is 7.29. The van der Waals surface area contributed by atoms with Crippen LogP contribution in [0.5, 0.6) is 0 Å². The van der Waals surface area contributed by atoms with Crippen molar-refractivity contribution in [2.75, 3.05) is 25.4 Å². The lowest BCUT2D eigenvalue weighted by Gasteiger charge is -2.21. The van der Waals surface area contributed by atoms with Gasteiger partial charge in [0, 0.05) is 25.4 Å². The molecular formula is C11H19N3O3S. The van der Waals surface area contributed by atoms with Gasteiger partial charge in [-0.15, -0.1) is 0 Å². The van der Waals surface area contributed by atoms with E-state index in [9.17, 15) is 8.42 Å². The van der Waals surface area contributed by atoms with E-state index in [1.807, 2.05) is 6.92 Å². The summed E-state index contributed by atoms with van der Waals surface area (Å²) in [4.78, 5) is 3.88. The van der Waals surface area contributed by atoms with Gasteiger partial charge in [-0.05, 0) is 12.5 Å². The molecule has 0 amide bonds. The van der Waals surface area contributed by atoms with Crippen LogP contribution in [0.25, 0.3) is 0 Å². The minimum absolute atomic E-state index is 0.0879. The van der Waals surface area contributed by atoms with E-state index in [4.69, 9.17) is 10.8 Å². The highest BCUT2D eigenvalue weighted by Gasteiger charge is 2.23. The second-order valence-corrected chi connectivity index (χ2v) is 5.84. The summed E-state index contributed by atoms with van der Waals surface area (Å²) in [5.41, 5.74) is 5.49. The Morgan fingerprint density at radius 1 is 1.44 bits per heavy atom. The minimum Gasteiger partial charge on any atom is -0.395 e. The molecule has 1 rings (SSSR count). The number of aliphatic hydroxyl groups is 1. The number of aliphatic hydroxyl groups excluding tert-OH is 1. The van der Waals surface area contributed by atoms with Gasteiger partial charge in [0.25, 0.3) is 0 Å². The van der Waals surface area contributed by atoms with E-state index in [2.05, 4.69) is 4.98 Å². The first-order valence-electron chi connectivity index (χ1n) is 5.85. The largest absolute Gasteiger partial charge is 0.395 e. The molecule has 102 valence electrons. The monoisotopic (exact) mass is 273 g/mol. The number of hydrogen-bond acceptors (Lipinski definition) is 5. The minimum atomic E-state index is -3.60. The average molecular weight is 273 g/mol. The Hall–Kier alpha value is -1.18. The lowest BCUT2D eigenvalue weighted by atomic mass is 10.3. The number of hydrogen-bond donors (Lipinski definition) is 2. The van der Waals surface area contributed by atoms with Crippen molar-refractivity contribution in [1.29, 1.82) is 0 Å². The van der Waals surface area contributed by atoms with Crippen LogP contribution in [0.1, 0.15) is 19.8 Å². The normalized spacial score (nSPS) is 11.9. The molecule has 7 heteroatoms. The zero-order valence-electron chi connectivity index (χ0n) is 10.4. The van der Waals surface area contributed by atoms with E-state index >= 15 is 0 Å². The Balaban J connectivity index is 3.00. The number of rotatable bonds is 7. The maximum absolute atomic E-state index is 12.3. The molecule has 0 aliphatic rings. The molecule has 0 radical (unpaired) electrons. The van der Waals surface area contributed by atoms with Gasteiger partial charge in [-0.25, -0.2) is 13.4 Å². The number of pyridine rings is 1. The maximum atomic E-state index is 12.3. The third kappa shape index (κ3) is 3.66. The standard InChI is InChI=1S/C11H19N3O3S/c1-2-3-6-14(7-8-15)18(16,17)10-4-5-13-11(12)9-10/h4-5,9,15H,2-3,6-8H2,1H3,(H2,12,13). The van der Waals surface area contributed by atoms with Crippen LogP contribution in [0.15, 0.2) is 23.2 Å². The molecule has 1 aromatic rings. The molecule has 3 N–H and O–H groups in total. The second kappa shape index (κ2) is 6.67. The average Bonchev–Trinajstić information content (AvgIpc) is 2.34. The molecule has 0 saturated heterocycles. The number of unbranched alkanes of at least 4 members (excludes halogenated alkanes) is 1. The fourth-order valence-corrected chi connectivity index (χ4v) is 3.03. The van der Waals surface area contributed by atoms with Gasteiger partial charge in [0.2, 0.25) is 10.0 Å². The van der Waals surface area contributed by atoms with Crippen LogP contribution < -0.4 is 5.73 Å². The van der Waals surface area contributed by atoms with E-state index in [0.29, 0.717) is 6.54 Å². The fraction of sp³-hybridized carbons (Fsp3) is 0.545. The molecule has 0 unspecified atom stereocenters. The van der Waals surface area contributed by atoms with Crippen molar-refractivity contribution in [3.05, 3.63) is 18.3 Å². The van der Waals surface area contributed by atoms with E-state index in [-0.39, 0.29) is 23.9 Å². The summed E-state index contributed by atoms with van der Waals surface area (Å²) in [6, 6.07) is 2.73. The number of nitrogen functional groups attached to an aromatic ring is 1. The summed E-state index contributed by atoms with van der Waals surface area (Å²) in [7, 11) is -3.60. The Morgan fingerprint density at radius 3 is 2.72 bits per heavy atom. The van der Waals surface area contributed by atoms with Crippen LogP contribution in [-0.2, 0) is 10.0 Å². The van der Waals surface area contributed by atoms with Gasteiger partial charge in [-0.3, -0.25) is 0 Å². The maximum Gasteiger partial charge on any atom is 0.243 e. The predicted octanol–water partition coefficient (Wildman–Crippen LogP) is 0.447. The van der Waals surface area contributed by atoms with E-state index in [1.54, 1.807) is 0 Å². The van der Waals surface area contributed by atoms with E-state index in [0.717, 1.165) is 12.8 Å². The molecular weight excluding hydrogens is 254 g/mol. The summed E-state index contributed by atoms with van der Waals surface area (Å²) < 4.78 is 25.9. The van der Waals surface area contributed by atoms with E-state index < -0.39 is 10.0 Å². The number of anilines is 1. The Labute approximate surface area is 107 Å². The SMILES string of the molecule is CCCCN(CCO)S(=O)(=O)c1ccnc(N)c1. The predicted molar refractivity (Wildman–Crippen MR) is 69.4 cm³/mol. The van der Waals surface area contributed by atoms with E-state index in [1.165, 1.54) is 22.6 Å². The summed E-state index contributed by atoms with van der Waals surface area (Å²) in [6.07, 6.45) is 2.99. The van der Waals surface area contributed by atoms with Gasteiger partial charge >= 0.3 is 0 Å². The first kappa shape index (κ1) is 14.9. The van der Waals surface area contributed by atoms with Crippen LogP contribution in [0.2, 0.25) is 0 Å². The van der Waals surface area contributed by atoms with Crippen LogP contribution in [0, 0.1) is 0 Å². The molecule has 1 aromatic heterocycles. The molecule has 0 atom stereocenters. The van der Waals surface area contributed by atoms with Crippen LogP contribution in [0.4, 0.5) is 5.82 Å². The zero-order valence-corrected chi connectivity index (χ0v) is 11.2.